The second kappa shape index (κ2) is 21.7. The van der Waals surface area contributed by atoms with E-state index in [2.05, 4.69) is 43.4 Å². The molecule has 0 aliphatic rings. The molecule has 3 heteroatoms. The Hall–Kier alpha value is -0.310. The molecule has 0 bridgehead atoms. The first-order valence-electron chi connectivity index (χ1n) is 8.92. The van der Waals surface area contributed by atoms with Gasteiger partial charge in [0.05, 0.1) is 0 Å². The summed E-state index contributed by atoms with van der Waals surface area (Å²) in [5.41, 5.74) is 0. The number of hydrogen-bond acceptors (Lipinski definition) is 2. The third kappa shape index (κ3) is 24.1. The van der Waals surface area contributed by atoms with Gasteiger partial charge in [0.15, 0.2) is 0 Å². The van der Waals surface area contributed by atoms with Crippen LogP contribution < -0.4 is 34.7 Å². The largest absolute Gasteiger partial charge is 1.00 e. The van der Waals surface area contributed by atoms with Crippen LogP contribution in [0.5, 0.6) is 0 Å². The molecule has 0 aromatic rings. The minimum atomic E-state index is -0.918. The van der Waals surface area contributed by atoms with Crippen molar-refractivity contribution >= 4 is 5.97 Å². The third-order valence-corrected chi connectivity index (χ3v) is 3.53. The number of hydrogen-bond donors (Lipinski definition) is 0. The molecule has 0 heterocycles. The van der Waals surface area contributed by atoms with Gasteiger partial charge in [-0.25, -0.2) is 0 Å². The Bertz CT molecular complexity index is 333. The van der Waals surface area contributed by atoms with Gasteiger partial charge < -0.3 is 9.90 Å². The van der Waals surface area contributed by atoms with Gasteiger partial charge in [-0.2, -0.15) is 0 Å². The van der Waals surface area contributed by atoms with Crippen molar-refractivity contribution in [1.82, 2.24) is 0 Å². The van der Waals surface area contributed by atoms with Gasteiger partial charge in [-0.15, -0.1) is 0 Å². The number of carboxylic acids is 1. The molecule has 0 spiro atoms. The van der Waals surface area contributed by atoms with Crippen molar-refractivity contribution < 1.29 is 39.5 Å². The van der Waals surface area contributed by atoms with Crippen molar-refractivity contribution in [3.8, 4) is 0 Å². The second-order valence-corrected chi connectivity index (χ2v) is 5.68. The normalized spacial score (nSPS) is 11.5. The van der Waals surface area contributed by atoms with E-state index >= 15 is 0 Å². The van der Waals surface area contributed by atoms with Crippen molar-refractivity contribution in [2.75, 3.05) is 0 Å². The molecule has 0 N–H and O–H groups in total. The Balaban J connectivity index is 0. The van der Waals surface area contributed by atoms with E-state index < -0.39 is 5.97 Å². The van der Waals surface area contributed by atoms with E-state index in [4.69, 9.17) is 0 Å². The second-order valence-electron chi connectivity index (χ2n) is 5.68. The van der Waals surface area contributed by atoms with Gasteiger partial charge in [-0.05, 0) is 44.9 Å². The van der Waals surface area contributed by atoms with E-state index in [-0.39, 0.29) is 36.0 Å². The molecule has 0 radical (unpaired) electrons. The number of unbranched alkanes of at least 4 members (excludes halogenated alkanes) is 7. The van der Waals surface area contributed by atoms with Crippen LogP contribution in [0.2, 0.25) is 0 Å². The maximum atomic E-state index is 10.2. The fraction of sp³-hybridized carbons (Fsp3) is 0.650. The maximum absolute atomic E-state index is 10.2. The Morgan fingerprint density at radius 2 is 1.22 bits per heavy atom. The molecule has 0 saturated carbocycles. The number of rotatable bonds is 15. The van der Waals surface area contributed by atoms with Crippen LogP contribution >= 0.6 is 0 Å². The molecule has 23 heavy (non-hydrogen) atoms. The molecule has 0 rings (SSSR count). The molecule has 126 valence electrons. The van der Waals surface area contributed by atoms with Crippen LogP contribution in [0.3, 0.4) is 0 Å². The summed E-state index contributed by atoms with van der Waals surface area (Å²) in [6.07, 6.45) is 26.0. The zero-order valence-corrected chi connectivity index (χ0v) is 17.3. The monoisotopic (exact) mass is 328 g/mol. The first-order chi connectivity index (χ1) is 10.8. The Labute approximate surface area is 165 Å². The fourth-order valence-electron chi connectivity index (χ4n) is 2.24. The van der Waals surface area contributed by atoms with Crippen molar-refractivity contribution in [1.29, 1.82) is 0 Å². The Morgan fingerprint density at radius 3 is 1.78 bits per heavy atom. The quantitative estimate of drug-likeness (QED) is 0.262. The van der Waals surface area contributed by atoms with Crippen molar-refractivity contribution in [2.45, 2.75) is 84.0 Å². The van der Waals surface area contributed by atoms with E-state index in [0.717, 1.165) is 38.5 Å². The Morgan fingerprint density at radius 1 is 0.739 bits per heavy atom. The summed E-state index contributed by atoms with van der Waals surface area (Å²) in [5, 5.41) is 10.2. The van der Waals surface area contributed by atoms with E-state index in [9.17, 15) is 9.90 Å². The smallest absolute Gasteiger partial charge is 0.550 e. The standard InChI is InChI=1S/C20H34O2.Na/c1-2-3-4-5-6-7-8-9-10-11-12-13-14-15-16-17-18-19-20(21)22;/h3-4,6-7,9-10H,2,5,8,11-19H2,1H3,(H,21,22);/q;+1/p-1/b4-3-,7-6-,10-9-;. The maximum Gasteiger partial charge on any atom is 1.00 e. The summed E-state index contributed by atoms with van der Waals surface area (Å²) in [6.45, 7) is 2.15. The summed E-state index contributed by atoms with van der Waals surface area (Å²) in [6, 6.07) is 0. The number of allylic oxidation sites excluding steroid dienone is 6. The number of carbonyl (C=O) groups is 1. The van der Waals surface area contributed by atoms with Gasteiger partial charge in [0.1, 0.15) is 0 Å². The molecule has 0 saturated heterocycles. The predicted molar refractivity (Wildman–Crippen MR) is 93.5 cm³/mol. The van der Waals surface area contributed by atoms with Crippen LogP contribution in [0.4, 0.5) is 0 Å². The average molecular weight is 328 g/mol. The predicted octanol–water partition coefficient (Wildman–Crippen LogP) is 2.11. The summed E-state index contributed by atoms with van der Waals surface area (Å²) in [5.74, 6) is -0.918. The van der Waals surface area contributed by atoms with E-state index in [1.165, 1.54) is 32.1 Å². The van der Waals surface area contributed by atoms with Gasteiger partial charge in [0.2, 0.25) is 0 Å². The molecular formula is C20H33NaO2. The average Bonchev–Trinajstić information content (AvgIpc) is 2.50. The summed E-state index contributed by atoms with van der Waals surface area (Å²) in [4.78, 5) is 10.2. The van der Waals surface area contributed by atoms with Crippen LogP contribution in [0.15, 0.2) is 36.5 Å². The minimum absolute atomic E-state index is 0. The van der Waals surface area contributed by atoms with Gasteiger partial charge in [-0.1, -0.05) is 75.5 Å². The van der Waals surface area contributed by atoms with Crippen molar-refractivity contribution in [2.24, 2.45) is 0 Å². The minimum Gasteiger partial charge on any atom is -0.550 e. The molecule has 0 aliphatic heterocycles. The summed E-state index contributed by atoms with van der Waals surface area (Å²) < 4.78 is 0. The number of carboxylic acid groups (broad SMARTS) is 1. The van der Waals surface area contributed by atoms with Crippen LogP contribution in [0.1, 0.15) is 84.0 Å². The first kappa shape index (κ1) is 24.9. The van der Waals surface area contributed by atoms with E-state index in [1.54, 1.807) is 0 Å². The summed E-state index contributed by atoms with van der Waals surface area (Å²) >= 11 is 0. The van der Waals surface area contributed by atoms with Crippen molar-refractivity contribution in [3.05, 3.63) is 36.5 Å². The molecular weight excluding hydrogens is 295 g/mol. The van der Waals surface area contributed by atoms with Gasteiger partial charge >= 0.3 is 29.6 Å². The molecule has 0 unspecified atom stereocenters. The van der Waals surface area contributed by atoms with Crippen LogP contribution in [-0.2, 0) is 4.79 Å². The topological polar surface area (TPSA) is 40.1 Å². The zero-order valence-electron chi connectivity index (χ0n) is 15.3. The van der Waals surface area contributed by atoms with Gasteiger partial charge in [0.25, 0.3) is 0 Å². The van der Waals surface area contributed by atoms with E-state index in [0.29, 0.717) is 0 Å². The van der Waals surface area contributed by atoms with Crippen LogP contribution in [0.25, 0.3) is 0 Å². The zero-order chi connectivity index (χ0) is 16.3. The van der Waals surface area contributed by atoms with Crippen molar-refractivity contribution in [3.63, 3.8) is 0 Å². The SMILES string of the molecule is CC/C=C\C/C=C\C/C=C\CCCCCCCCCC(=O)[O-].[Na+]. The first-order valence-corrected chi connectivity index (χ1v) is 8.92. The molecule has 2 nitrogen and oxygen atoms in total. The van der Waals surface area contributed by atoms with Gasteiger partial charge in [0, 0.05) is 5.97 Å². The van der Waals surface area contributed by atoms with E-state index in [1.807, 2.05) is 0 Å². The molecule has 0 aromatic carbocycles. The van der Waals surface area contributed by atoms with Crippen LogP contribution in [0, 0.1) is 0 Å². The number of aliphatic carboxylic acids is 1. The fourth-order valence-corrected chi connectivity index (χ4v) is 2.24. The molecule has 0 amide bonds. The molecule has 0 fully saturated rings. The molecule has 0 atom stereocenters. The summed E-state index contributed by atoms with van der Waals surface area (Å²) in [7, 11) is 0. The van der Waals surface area contributed by atoms with Crippen LogP contribution in [-0.4, -0.2) is 5.97 Å². The van der Waals surface area contributed by atoms with Gasteiger partial charge in [-0.3, -0.25) is 0 Å². The molecule has 0 aromatic heterocycles. The Kier molecular flexibility index (Phi) is 23.5. The molecule has 0 aliphatic carbocycles. The number of carbonyl (C=O) groups excluding carboxylic acids is 1. The third-order valence-electron chi connectivity index (χ3n) is 3.53.